The summed E-state index contributed by atoms with van der Waals surface area (Å²) in [7, 11) is 0. The van der Waals surface area contributed by atoms with E-state index in [0.717, 1.165) is 49.8 Å². The first-order chi connectivity index (χ1) is 19.8. The Labute approximate surface area is 239 Å². The number of nitrogens with zero attached hydrogens (tertiary/aromatic N) is 1. The van der Waals surface area contributed by atoms with Crippen molar-refractivity contribution in [3.05, 3.63) is 94.6 Å². The van der Waals surface area contributed by atoms with Gasteiger partial charge in [-0.3, -0.25) is 10.1 Å². The predicted octanol–water partition coefficient (Wildman–Crippen LogP) is 7.63. The molecule has 1 N–H and O–H groups in total. The summed E-state index contributed by atoms with van der Waals surface area (Å²) in [6.45, 7) is 6.67. The SMILES string of the molecule is C=C(CCCCCCCOc1ccc(C(=O)Oc2ccc(-c3ccc(OCCC)cc3)cc2[N+](=O)[O-])cc1)C(=O)O. The van der Waals surface area contributed by atoms with E-state index < -0.39 is 16.9 Å². The van der Waals surface area contributed by atoms with Gasteiger partial charge in [-0.1, -0.05) is 51.0 Å². The molecular weight excluding hydrogens is 526 g/mol. The smallest absolute Gasteiger partial charge is 0.343 e. The molecule has 0 aliphatic heterocycles. The number of carboxylic acid groups (broad SMARTS) is 1. The molecule has 0 unspecified atom stereocenters. The molecule has 3 aromatic carbocycles. The van der Waals surface area contributed by atoms with Gasteiger partial charge in [0.25, 0.3) is 0 Å². The van der Waals surface area contributed by atoms with E-state index in [1.807, 2.05) is 31.2 Å². The van der Waals surface area contributed by atoms with Gasteiger partial charge in [-0.05, 0) is 79.3 Å². The van der Waals surface area contributed by atoms with E-state index in [2.05, 4.69) is 6.58 Å². The third kappa shape index (κ3) is 9.79. The Morgan fingerprint density at radius 2 is 1.41 bits per heavy atom. The summed E-state index contributed by atoms with van der Waals surface area (Å²) in [6.07, 6.45) is 5.92. The standard InChI is InChI=1S/C32H35NO8/c1-3-20-39-27-15-10-24(11-16-27)26-14-19-30(29(22-26)33(37)38)41-32(36)25-12-17-28(18-13-25)40-21-8-6-4-5-7-9-23(2)31(34)35/h10-19,22H,2-9,20-21H2,1H3,(H,34,35). The molecule has 0 aliphatic rings. The number of esters is 1. The van der Waals surface area contributed by atoms with Gasteiger partial charge in [0.2, 0.25) is 5.75 Å². The monoisotopic (exact) mass is 561 g/mol. The first-order valence-corrected chi connectivity index (χ1v) is 13.7. The zero-order chi connectivity index (χ0) is 29.6. The number of unbranched alkanes of at least 4 members (excludes halogenated alkanes) is 4. The number of nitro groups is 1. The van der Waals surface area contributed by atoms with Crippen LogP contribution in [0.5, 0.6) is 17.2 Å². The second-order valence-corrected chi connectivity index (χ2v) is 9.50. The summed E-state index contributed by atoms with van der Waals surface area (Å²) in [4.78, 5) is 34.6. The number of ether oxygens (including phenoxy) is 3. The zero-order valence-electron chi connectivity index (χ0n) is 23.2. The molecule has 0 saturated carbocycles. The van der Waals surface area contributed by atoms with Crippen LogP contribution >= 0.6 is 0 Å². The molecule has 0 radical (unpaired) electrons. The van der Waals surface area contributed by atoms with Gasteiger partial charge in [-0.15, -0.1) is 0 Å². The highest BCUT2D eigenvalue weighted by molar-refractivity contribution is 5.92. The molecule has 3 rings (SSSR count). The number of carboxylic acids is 1. The Hall–Kier alpha value is -4.66. The molecule has 0 saturated heterocycles. The van der Waals surface area contributed by atoms with Crippen molar-refractivity contribution in [3.8, 4) is 28.4 Å². The Morgan fingerprint density at radius 3 is 2.05 bits per heavy atom. The van der Waals surface area contributed by atoms with Crippen LogP contribution in [0.4, 0.5) is 5.69 Å². The molecular formula is C32H35NO8. The summed E-state index contributed by atoms with van der Waals surface area (Å²) in [5.74, 6) is -0.472. The van der Waals surface area contributed by atoms with Gasteiger partial charge >= 0.3 is 17.6 Å². The van der Waals surface area contributed by atoms with E-state index in [4.69, 9.17) is 19.3 Å². The third-order valence-electron chi connectivity index (χ3n) is 6.30. The minimum atomic E-state index is -0.941. The fourth-order valence-corrected chi connectivity index (χ4v) is 4.00. The largest absolute Gasteiger partial charge is 0.494 e. The zero-order valence-corrected chi connectivity index (χ0v) is 23.2. The Kier molecular flexibility index (Phi) is 11.9. The van der Waals surface area contributed by atoms with E-state index in [1.54, 1.807) is 30.3 Å². The molecule has 9 nitrogen and oxygen atoms in total. The first-order valence-electron chi connectivity index (χ1n) is 13.7. The molecule has 0 heterocycles. The lowest BCUT2D eigenvalue weighted by Crippen LogP contribution is -2.10. The Bertz CT molecular complexity index is 1330. The number of rotatable bonds is 17. The van der Waals surface area contributed by atoms with Gasteiger partial charge < -0.3 is 19.3 Å². The summed E-state index contributed by atoms with van der Waals surface area (Å²) in [5.41, 5.74) is 1.55. The van der Waals surface area contributed by atoms with E-state index in [-0.39, 0.29) is 22.6 Å². The minimum Gasteiger partial charge on any atom is -0.494 e. The van der Waals surface area contributed by atoms with Gasteiger partial charge in [0.1, 0.15) is 11.5 Å². The lowest BCUT2D eigenvalue weighted by Gasteiger charge is -2.09. The van der Waals surface area contributed by atoms with Crippen LogP contribution < -0.4 is 14.2 Å². The topological polar surface area (TPSA) is 125 Å². The molecule has 0 spiro atoms. The van der Waals surface area contributed by atoms with Crippen molar-refractivity contribution < 1.29 is 33.8 Å². The fourth-order valence-electron chi connectivity index (χ4n) is 4.00. The highest BCUT2D eigenvalue weighted by Gasteiger charge is 2.20. The predicted molar refractivity (Wildman–Crippen MR) is 156 cm³/mol. The van der Waals surface area contributed by atoms with Crippen LogP contribution in [0.25, 0.3) is 11.1 Å². The molecule has 0 bridgehead atoms. The lowest BCUT2D eigenvalue weighted by atomic mass is 10.0. The minimum absolute atomic E-state index is 0.140. The van der Waals surface area contributed by atoms with Gasteiger partial charge in [0.05, 0.1) is 23.7 Å². The quantitative estimate of drug-likeness (QED) is 0.0445. The average Bonchev–Trinajstić information content (AvgIpc) is 2.97. The van der Waals surface area contributed by atoms with Gasteiger partial charge in [0, 0.05) is 11.6 Å². The van der Waals surface area contributed by atoms with E-state index in [0.29, 0.717) is 30.9 Å². The van der Waals surface area contributed by atoms with Crippen molar-refractivity contribution in [1.82, 2.24) is 0 Å². The number of carbonyl (C=O) groups excluding carboxylic acids is 1. The highest BCUT2D eigenvalue weighted by Crippen LogP contribution is 2.33. The fraction of sp³-hybridized carbons (Fsp3) is 0.312. The van der Waals surface area contributed by atoms with Crippen LogP contribution in [0.15, 0.2) is 78.9 Å². The van der Waals surface area contributed by atoms with Gasteiger partial charge in [-0.25, -0.2) is 9.59 Å². The average molecular weight is 562 g/mol. The molecule has 0 aromatic heterocycles. The molecule has 0 aliphatic carbocycles. The maximum absolute atomic E-state index is 12.7. The van der Waals surface area contributed by atoms with Crippen LogP contribution in [0.1, 0.15) is 62.2 Å². The normalized spacial score (nSPS) is 10.6. The molecule has 9 heteroatoms. The second-order valence-electron chi connectivity index (χ2n) is 9.50. The summed E-state index contributed by atoms with van der Waals surface area (Å²) >= 11 is 0. The van der Waals surface area contributed by atoms with Gasteiger partial charge in [-0.2, -0.15) is 0 Å². The number of benzene rings is 3. The van der Waals surface area contributed by atoms with Gasteiger partial charge in [0.15, 0.2) is 0 Å². The summed E-state index contributed by atoms with van der Waals surface area (Å²) in [6, 6.07) is 18.1. The van der Waals surface area contributed by atoms with E-state index >= 15 is 0 Å². The number of carbonyl (C=O) groups is 2. The van der Waals surface area contributed by atoms with Crippen molar-refractivity contribution in [1.29, 1.82) is 0 Å². The summed E-state index contributed by atoms with van der Waals surface area (Å²) in [5, 5.41) is 20.6. The molecule has 0 amide bonds. The van der Waals surface area contributed by atoms with Crippen molar-refractivity contribution in [2.45, 2.75) is 51.9 Å². The van der Waals surface area contributed by atoms with Crippen LogP contribution in [-0.4, -0.2) is 35.2 Å². The number of hydrogen-bond donors (Lipinski definition) is 1. The van der Waals surface area contributed by atoms with E-state index in [1.165, 1.54) is 12.1 Å². The number of hydrogen-bond acceptors (Lipinski definition) is 7. The van der Waals surface area contributed by atoms with Crippen LogP contribution in [-0.2, 0) is 4.79 Å². The van der Waals surface area contributed by atoms with E-state index in [9.17, 15) is 19.7 Å². The molecule has 3 aromatic rings. The first kappa shape index (κ1) is 30.9. The number of nitro benzene ring substituents is 1. The number of aliphatic carboxylic acids is 1. The molecule has 216 valence electrons. The maximum Gasteiger partial charge on any atom is 0.343 e. The van der Waals surface area contributed by atoms with Crippen molar-refractivity contribution in [3.63, 3.8) is 0 Å². The molecule has 0 fully saturated rings. The van der Waals surface area contributed by atoms with Crippen LogP contribution in [0.2, 0.25) is 0 Å². The van der Waals surface area contributed by atoms with Crippen LogP contribution in [0.3, 0.4) is 0 Å². The van der Waals surface area contributed by atoms with Crippen molar-refractivity contribution in [2.24, 2.45) is 0 Å². The summed E-state index contributed by atoms with van der Waals surface area (Å²) < 4.78 is 16.7. The lowest BCUT2D eigenvalue weighted by molar-refractivity contribution is -0.385. The van der Waals surface area contributed by atoms with Crippen LogP contribution in [0, 0.1) is 10.1 Å². The highest BCUT2D eigenvalue weighted by atomic mass is 16.6. The van der Waals surface area contributed by atoms with Crippen molar-refractivity contribution in [2.75, 3.05) is 13.2 Å². The second kappa shape index (κ2) is 15.8. The maximum atomic E-state index is 12.7. The van der Waals surface area contributed by atoms with Crippen molar-refractivity contribution >= 4 is 17.6 Å². The molecule has 0 atom stereocenters. The Morgan fingerprint density at radius 1 is 0.829 bits per heavy atom. The Balaban J connectivity index is 1.50. The third-order valence-corrected chi connectivity index (χ3v) is 6.30. The molecule has 41 heavy (non-hydrogen) atoms.